The van der Waals surface area contributed by atoms with Crippen molar-refractivity contribution >= 4 is 14.5 Å². The maximum absolute atomic E-state index is 6.64. The van der Waals surface area contributed by atoms with E-state index < -0.39 is 14.5 Å². The van der Waals surface area contributed by atoms with Crippen LogP contribution in [0.25, 0.3) is 0 Å². The van der Waals surface area contributed by atoms with E-state index in [0.29, 0.717) is 6.23 Å². The highest BCUT2D eigenvalue weighted by Crippen LogP contribution is 2.17. The van der Waals surface area contributed by atoms with Gasteiger partial charge in [0.15, 0.2) is 0 Å². The van der Waals surface area contributed by atoms with Gasteiger partial charge in [0.1, 0.15) is 0 Å². The van der Waals surface area contributed by atoms with E-state index in [0.717, 1.165) is 6.42 Å². The smallest absolute Gasteiger partial charge is 0.461 e. The fourth-order valence-electron chi connectivity index (χ4n) is 2.78. The second-order valence-electron chi connectivity index (χ2n) is 5.94. The van der Waals surface area contributed by atoms with E-state index in [1.54, 1.807) is 0 Å². The van der Waals surface area contributed by atoms with E-state index in [4.69, 9.17) is 3.79 Å². The molecule has 0 heterocycles. The molecule has 0 amide bonds. The topological polar surface area (TPSA) is 12.5 Å². The highest BCUT2D eigenvalue weighted by Gasteiger charge is 2.25. The lowest BCUT2D eigenvalue weighted by atomic mass is 10.3. The van der Waals surface area contributed by atoms with Gasteiger partial charge < -0.3 is 3.79 Å². The summed E-state index contributed by atoms with van der Waals surface area (Å²) in [6, 6.07) is 0. The van der Waals surface area contributed by atoms with Crippen molar-refractivity contribution in [3.63, 3.8) is 0 Å². The van der Waals surface area contributed by atoms with E-state index in [-0.39, 0.29) is 0 Å². The Morgan fingerprint density at radius 2 is 1.30 bits per heavy atom. The molecule has 0 aromatic heterocycles. The average Bonchev–Trinajstić information content (AvgIpc) is 2.46. The predicted octanol–water partition coefficient (Wildman–Crippen LogP) is 5.45. The summed E-state index contributed by atoms with van der Waals surface area (Å²) in [7, 11) is 0. The maximum Gasteiger partial charge on any atom is 0.461 e. The Bertz CT molecular complexity index is 187. The van der Waals surface area contributed by atoms with Crippen LogP contribution in [0.5, 0.6) is 0 Å². The van der Waals surface area contributed by atoms with Crippen molar-refractivity contribution in [1.82, 2.24) is 4.90 Å². The van der Waals surface area contributed by atoms with Crippen LogP contribution in [-0.4, -0.2) is 38.7 Å². The Hall–Kier alpha value is 0.452. The fourth-order valence-corrected chi connectivity index (χ4v) is 5.88. The first-order valence-electron chi connectivity index (χ1n) is 9.12. The molecule has 1 atom stereocenters. The molecule has 0 aromatic rings. The summed E-state index contributed by atoms with van der Waals surface area (Å²) in [6.07, 6.45) is 9.33. The molecule has 0 aromatic carbocycles. The van der Waals surface area contributed by atoms with E-state index >= 15 is 0 Å². The summed E-state index contributed by atoms with van der Waals surface area (Å²) in [6.45, 7) is 13.8. The van der Waals surface area contributed by atoms with Crippen LogP contribution in [0.4, 0.5) is 0 Å². The molecule has 0 spiro atoms. The molecule has 0 fully saturated rings. The van der Waals surface area contributed by atoms with Gasteiger partial charge >= 0.3 is 14.5 Å². The molecule has 0 rings (SSSR count). The molecule has 0 radical (unpaired) electrons. The summed E-state index contributed by atoms with van der Waals surface area (Å²) < 4.78 is 6.64. The van der Waals surface area contributed by atoms with Crippen molar-refractivity contribution < 1.29 is 3.79 Å². The highest BCUT2D eigenvalue weighted by atomic mass is 27.2. The minimum atomic E-state index is -0.992. The Morgan fingerprint density at radius 1 is 0.800 bits per heavy atom. The Morgan fingerprint density at radius 3 is 1.65 bits per heavy atom. The van der Waals surface area contributed by atoms with Gasteiger partial charge in [-0.15, -0.1) is 0 Å². The van der Waals surface area contributed by atoms with Gasteiger partial charge in [-0.05, 0) is 19.3 Å². The van der Waals surface area contributed by atoms with Crippen LogP contribution in [0.1, 0.15) is 79.6 Å². The number of rotatable bonds is 14. The van der Waals surface area contributed by atoms with Crippen LogP contribution < -0.4 is 0 Å². The predicted molar refractivity (Wildman–Crippen MR) is 92.5 cm³/mol. The minimum Gasteiger partial charge on any atom is -0.487 e. The number of hydrogen-bond acceptors (Lipinski definition) is 2. The van der Waals surface area contributed by atoms with Gasteiger partial charge in [-0.1, -0.05) is 70.9 Å². The largest absolute Gasteiger partial charge is 0.487 e. The van der Waals surface area contributed by atoms with Crippen LogP contribution in [0.15, 0.2) is 0 Å². The van der Waals surface area contributed by atoms with Crippen molar-refractivity contribution in [1.29, 1.82) is 0 Å². The zero-order valence-corrected chi connectivity index (χ0v) is 15.9. The molecule has 0 aliphatic carbocycles. The van der Waals surface area contributed by atoms with Gasteiger partial charge in [0.25, 0.3) is 0 Å². The average molecular weight is 299 g/mol. The summed E-state index contributed by atoms with van der Waals surface area (Å²) in [4.78, 5) is 2.58. The molecule has 0 saturated heterocycles. The van der Waals surface area contributed by atoms with Gasteiger partial charge in [-0.2, -0.15) is 0 Å². The van der Waals surface area contributed by atoms with Crippen LogP contribution in [-0.2, 0) is 3.79 Å². The second-order valence-corrected chi connectivity index (χ2v) is 8.61. The van der Waals surface area contributed by atoms with Crippen molar-refractivity contribution in [2.75, 3.05) is 13.1 Å². The third-order valence-corrected chi connectivity index (χ3v) is 6.69. The van der Waals surface area contributed by atoms with Crippen molar-refractivity contribution in [2.24, 2.45) is 0 Å². The lowest BCUT2D eigenvalue weighted by Crippen LogP contribution is -2.41. The van der Waals surface area contributed by atoms with Crippen LogP contribution in [0.2, 0.25) is 10.6 Å². The van der Waals surface area contributed by atoms with E-state index in [9.17, 15) is 0 Å². The summed E-state index contributed by atoms with van der Waals surface area (Å²) in [5.41, 5.74) is 0. The standard InChI is InChI=1S/C9H20NO.2C4H9.Al/c1-4-7-10(8-5-2)9(11)6-3;2*1-3-4-2;/h9H,4-8H2,1-3H3;2*1,3-4H2,2H3;/q-1;;;+1. The first kappa shape index (κ1) is 20.5. The SMILES string of the molecule is CCC[CH2][Al]([CH2]CCC)[O]C(CC)N(CCC)CCC. The number of nitrogens with zero attached hydrogens (tertiary/aromatic N) is 1. The quantitative estimate of drug-likeness (QED) is 0.312. The number of hydrogen-bond donors (Lipinski definition) is 0. The summed E-state index contributed by atoms with van der Waals surface area (Å²) in [5, 5.41) is 2.75. The van der Waals surface area contributed by atoms with Crippen LogP contribution in [0.3, 0.4) is 0 Å². The van der Waals surface area contributed by atoms with Crippen molar-refractivity contribution in [2.45, 2.75) is 96.4 Å². The molecule has 120 valence electrons. The zero-order valence-electron chi connectivity index (χ0n) is 14.8. The molecule has 1 unspecified atom stereocenters. The summed E-state index contributed by atoms with van der Waals surface area (Å²) >= 11 is -0.992. The van der Waals surface area contributed by atoms with E-state index in [2.05, 4.69) is 39.5 Å². The van der Waals surface area contributed by atoms with E-state index in [1.165, 1.54) is 62.2 Å². The Balaban J connectivity index is 4.46. The van der Waals surface area contributed by atoms with Crippen molar-refractivity contribution in [3.8, 4) is 0 Å². The first-order chi connectivity index (χ1) is 9.73. The zero-order chi connectivity index (χ0) is 15.2. The molecule has 2 nitrogen and oxygen atoms in total. The maximum atomic E-state index is 6.64. The monoisotopic (exact) mass is 299 g/mol. The van der Waals surface area contributed by atoms with Gasteiger partial charge in [0.2, 0.25) is 0 Å². The highest BCUT2D eigenvalue weighted by molar-refractivity contribution is 6.51. The molecular formula is C17H38AlNO. The lowest BCUT2D eigenvalue weighted by Gasteiger charge is -2.33. The van der Waals surface area contributed by atoms with Crippen molar-refractivity contribution in [3.05, 3.63) is 0 Å². The van der Waals surface area contributed by atoms with Crippen LogP contribution >= 0.6 is 0 Å². The summed E-state index contributed by atoms with van der Waals surface area (Å²) in [5.74, 6) is 0. The molecule has 0 N–H and O–H groups in total. The Kier molecular flexibility index (Phi) is 14.7. The molecule has 0 bridgehead atoms. The second kappa shape index (κ2) is 14.4. The molecule has 20 heavy (non-hydrogen) atoms. The minimum absolute atomic E-state index is 0.389. The van der Waals surface area contributed by atoms with E-state index in [1.807, 2.05) is 0 Å². The molecular weight excluding hydrogens is 261 g/mol. The third kappa shape index (κ3) is 9.40. The fraction of sp³-hybridized carbons (Fsp3) is 1.00. The molecule has 0 aliphatic rings. The first-order valence-corrected chi connectivity index (χ1v) is 11.2. The van der Waals surface area contributed by atoms with Gasteiger partial charge in [-0.25, -0.2) is 0 Å². The number of unbranched alkanes of at least 4 members (excludes halogenated alkanes) is 2. The molecule has 0 saturated carbocycles. The van der Waals surface area contributed by atoms with Gasteiger partial charge in [0.05, 0.1) is 6.23 Å². The molecule has 3 heteroatoms. The molecule has 0 aliphatic heterocycles. The van der Waals surface area contributed by atoms with Gasteiger partial charge in [0, 0.05) is 13.1 Å². The normalized spacial score (nSPS) is 12.9. The third-order valence-electron chi connectivity index (χ3n) is 3.89. The Labute approximate surface area is 133 Å². The van der Waals surface area contributed by atoms with Crippen LogP contribution in [0, 0.1) is 0 Å². The lowest BCUT2D eigenvalue weighted by molar-refractivity contribution is 0.0188. The van der Waals surface area contributed by atoms with Gasteiger partial charge in [-0.3, -0.25) is 4.90 Å².